The lowest BCUT2D eigenvalue weighted by atomic mass is 9.73. The number of hydrogen-bond donors (Lipinski definition) is 0. The van der Waals surface area contributed by atoms with Crippen LogP contribution in [0.15, 0.2) is 0 Å². The quantitative estimate of drug-likeness (QED) is 0.401. The van der Waals surface area contributed by atoms with Crippen LogP contribution in [0.2, 0.25) is 0 Å². The first kappa shape index (κ1) is 21.2. The van der Waals surface area contributed by atoms with E-state index in [0.29, 0.717) is 0 Å². The van der Waals surface area contributed by atoms with Crippen molar-refractivity contribution >= 4 is 0 Å². The molecule has 2 unspecified atom stereocenters. The van der Waals surface area contributed by atoms with Crippen LogP contribution in [0.4, 0.5) is 65.9 Å². The molecule has 2 atom stereocenters. The summed E-state index contributed by atoms with van der Waals surface area (Å²) in [6.07, 6.45) is 0. The highest BCUT2D eigenvalue weighted by atomic mass is 19.4. The molecule has 0 aromatic carbocycles. The Morgan fingerprint density at radius 1 is 0.500 bits per heavy atom. The van der Waals surface area contributed by atoms with Gasteiger partial charge in [0, 0.05) is 0 Å². The third kappa shape index (κ3) is 1.68. The van der Waals surface area contributed by atoms with Gasteiger partial charge >= 0.3 is 41.7 Å². The molecule has 0 aromatic rings. The third-order valence-electron chi connectivity index (χ3n) is 4.33. The summed E-state index contributed by atoms with van der Waals surface area (Å²) in [6, 6.07) is -20.2. The zero-order valence-corrected chi connectivity index (χ0v) is 11.7. The summed E-state index contributed by atoms with van der Waals surface area (Å²) < 4.78 is 202. The normalized spacial score (nSPS) is 41.3. The van der Waals surface area contributed by atoms with Crippen LogP contribution in [0.1, 0.15) is 6.92 Å². The zero-order valence-electron chi connectivity index (χ0n) is 11.7. The minimum atomic E-state index is -7.50. The summed E-state index contributed by atoms with van der Waals surface area (Å²) in [5.74, 6) is -35.8. The van der Waals surface area contributed by atoms with Gasteiger partial charge in [0.2, 0.25) is 5.67 Å². The second kappa shape index (κ2) is 4.48. The zero-order chi connectivity index (χ0) is 21.2. The number of alkyl halides is 15. The largest absolute Gasteiger partial charge is 0.392 e. The molecule has 2 aliphatic rings. The second-order valence-electron chi connectivity index (χ2n) is 5.83. The number of piperidine rings is 2. The van der Waals surface area contributed by atoms with Gasteiger partial charge in [-0.1, -0.05) is 0 Å². The number of nitrogens with zero attached hydrogens (tertiary/aromatic N) is 1. The molecule has 2 aliphatic heterocycles. The summed E-state index contributed by atoms with van der Waals surface area (Å²) >= 11 is 0. The lowest BCUT2D eigenvalue weighted by Gasteiger charge is -2.61. The van der Waals surface area contributed by atoms with Gasteiger partial charge in [-0.05, 0) is 6.92 Å². The molecule has 154 valence electrons. The number of hydrogen-bond acceptors (Lipinski definition) is 1. The van der Waals surface area contributed by atoms with E-state index in [1.807, 2.05) is 0 Å². The minimum Gasteiger partial charge on any atom is -0.230 e. The molecule has 2 saturated heterocycles. The Kier molecular flexibility index (Phi) is 3.66. The summed E-state index contributed by atoms with van der Waals surface area (Å²) in [7, 11) is 0. The van der Waals surface area contributed by atoms with E-state index in [0.717, 1.165) is 0 Å². The fraction of sp³-hybridized carbons (Fsp3) is 1.00. The molecule has 0 aromatic heterocycles. The molecular weight excluding hydrogens is 419 g/mol. The Balaban J connectivity index is 2.99. The Labute approximate surface area is 132 Å². The number of fused-ring (bicyclic) bond motifs is 1. The van der Waals surface area contributed by atoms with Crippen molar-refractivity contribution in [2.45, 2.75) is 60.3 Å². The van der Waals surface area contributed by atoms with E-state index in [4.69, 9.17) is 0 Å². The average molecular weight is 423 g/mol. The number of halogens is 15. The molecule has 2 rings (SSSR count). The maximum atomic E-state index is 13.8. The highest BCUT2D eigenvalue weighted by Gasteiger charge is 3.00. The fourth-order valence-electron chi connectivity index (χ4n) is 2.67. The molecule has 0 saturated carbocycles. The highest BCUT2D eigenvalue weighted by Crippen LogP contribution is 2.70. The SMILES string of the molecule is CC1(F)C(F)(F)C2N(C(F)(F)C1(F)F)C(F)(F)C(F)(F)C(F)(F)C2(F)F. The molecule has 16 heteroatoms. The Hall–Kier alpha value is -1.09. The van der Waals surface area contributed by atoms with Gasteiger partial charge in [0.05, 0.1) is 0 Å². The Morgan fingerprint density at radius 3 is 1.23 bits per heavy atom. The van der Waals surface area contributed by atoms with Crippen molar-refractivity contribution in [2.24, 2.45) is 0 Å². The molecule has 0 bridgehead atoms. The highest BCUT2D eigenvalue weighted by molar-refractivity contribution is 5.27. The van der Waals surface area contributed by atoms with Crippen LogP contribution >= 0.6 is 0 Å². The average Bonchev–Trinajstić information content (AvgIpc) is 2.39. The molecule has 26 heavy (non-hydrogen) atoms. The summed E-state index contributed by atoms with van der Waals surface area (Å²) in [4.78, 5) is -3.42. The molecule has 0 N–H and O–H groups in total. The van der Waals surface area contributed by atoms with Crippen LogP contribution in [0, 0.1) is 0 Å². The van der Waals surface area contributed by atoms with Crippen molar-refractivity contribution in [3.05, 3.63) is 0 Å². The van der Waals surface area contributed by atoms with Crippen molar-refractivity contribution in [2.75, 3.05) is 0 Å². The van der Waals surface area contributed by atoms with E-state index in [9.17, 15) is 65.9 Å². The molecule has 1 nitrogen and oxygen atoms in total. The van der Waals surface area contributed by atoms with Crippen LogP contribution in [-0.2, 0) is 0 Å². The van der Waals surface area contributed by atoms with Gasteiger partial charge in [-0.15, -0.1) is 0 Å². The van der Waals surface area contributed by atoms with Gasteiger partial charge in [0.1, 0.15) is 0 Å². The van der Waals surface area contributed by atoms with E-state index < -0.39 is 65.2 Å². The van der Waals surface area contributed by atoms with E-state index in [1.54, 1.807) is 0 Å². The first-order chi connectivity index (χ1) is 11.0. The van der Waals surface area contributed by atoms with Crippen molar-refractivity contribution in [1.82, 2.24) is 4.90 Å². The van der Waals surface area contributed by atoms with Crippen molar-refractivity contribution in [1.29, 1.82) is 0 Å². The van der Waals surface area contributed by atoms with E-state index in [1.165, 1.54) is 0 Å². The third-order valence-corrected chi connectivity index (χ3v) is 4.33. The molecule has 0 radical (unpaired) electrons. The fourth-order valence-corrected chi connectivity index (χ4v) is 2.67. The Bertz CT molecular complexity index is 514. The smallest absolute Gasteiger partial charge is 0.230 e. The maximum Gasteiger partial charge on any atom is 0.392 e. The summed E-state index contributed by atoms with van der Waals surface area (Å²) in [6.45, 7) is -1.13. The first-order valence-corrected chi connectivity index (χ1v) is 6.12. The van der Waals surface area contributed by atoms with Gasteiger partial charge in [0.15, 0.2) is 6.04 Å². The van der Waals surface area contributed by atoms with Crippen LogP contribution < -0.4 is 0 Å². The molecule has 2 heterocycles. The molecule has 0 spiro atoms. The van der Waals surface area contributed by atoms with Gasteiger partial charge in [-0.25, -0.2) is 13.2 Å². The van der Waals surface area contributed by atoms with E-state index in [2.05, 4.69) is 0 Å². The number of rotatable bonds is 0. The standard InChI is InChI=1S/C10H4F15N/c1-3(11)4(12,13)2-5(14,15)7(18,19)8(20,21)10(24,25)26(2)9(22,23)6(3,16)17/h2H,1H3. The van der Waals surface area contributed by atoms with Gasteiger partial charge in [-0.2, -0.15) is 57.6 Å². The molecule has 2 fully saturated rings. The first-order valence-electron chi connectivity index (χ1n) is 6.12. The van der Waals surface area contributed by atoms with Crippen LogP contribution in [0.25, 0.3) is 0 Å². The monoisotopic (exact) mass is 423 g/mol. The van der Waals surface area contributed by atoms with Crippen LogP contribution in [0.5, 0.6) is 0 Å². The predicted molar refractivity (Wildman–Crippen MR) is 49.8 cm³/mol. The molecule has 0 amide bonds. The lowest BCUT2D eigenvalue weighted by Crippen LogP contribution is -2.92. The molecular formula is C10H4F15N. The molecule has 0 aliphatic carbocycles. The topological polar surface area (TPSA) is 3.24 Å². The second-order valence-corrected chi connectivity index (χ2v) is 5.83. The minimum absolute atomic E-state index is 1.13. The van der Waals surface area contributed by atoms with Crippen LogP contribution in [0.3, 0.4) is 0 Å². The Morgan fingerprint density at radius 2 is 0.846 bits per heavy atom. The van der Waals surface area contributed by atoms with E-state index >= 15 is 0 Å². The maximum absolute atomic E-state index is 13.8. The van der Waals surface area contributed by atoms with Crippen LogP contribution in [-0.4, -0.2) is 58.3 Å². The van der Waals surface area contributed by atoms with E-state index in [-0.39, 0.29) is 0 Å². The van der Waals surface area contributed by atoms with Gasteiger partial charge < -0.3 is 0 Å². The predicted octanol–water partition coefficient (Wildman–Crippen LogP) is 4.77. The summed E-state index contributed by atoms with van der Waals surface area (Å²) in [5, 5.41) is 0. The van der Waals surface area contributed by atoms with Gasteiger partial charge in [0.25, 0.3) is 0 Å². The van der Waals surface area contributed by atoms with Crippen molar-refractivity contribution < 1.29 is 65.9 Å². The van der Waals surface area contributed by atoms with Crippen molar-refractivity contribution in [3.8, 4) is 0 Å². The van der Waals surface area contributed by atoms with Gasteiger partial charge in [-0.3, -0.25) is 0 Å². The van der Waals surface area contributed by atoms with Crippen molar-refractivity contribution in [3.63, 3.8) is 0 Å². The lowest BCUT2D eigenvalue weighted by molar-refractivity contribution is -0.534. The summed E-state index contributed by atoms with van der Waals surface area (Å²) in [5.41, 5.74) is -6.09.